The second-order valence-electron chi connectivity index (χ2n) is 7.68. The maximum atomic E-state index is 12.9. The molecule has 0 heterocycles. The number of rotatable bonds is 12. The highest BCUT2D eigenvalue weighted by Crippen LogP contribution is 2.19. The van der Waals surface area contributed by atoms with E-state index in [2.05, 4.69) is 10.6 Å². The summed E-state index contributed by atoms with van der Waals surface area (Å²) in [5.41, 5.74) is 0.754. The van der Waals surface area contributed by atoms with Crippen LogP contribution in [-0.2, 0) is 30.4 Å². The number of aliphatic carboxylic acids is 1. The molecule has 0 aliphatic carbocycles. The molecule has 0 bridgehead atoms. The molecule has 1 rings (SSSR count). The van der Waals surface area contributed by atoms with E-state index in [9.17, 15) is 29.1 Å². The Morgan fingerprint density at radius 2 is 1.50 bits per heavy atom. The first-order chi connectivity index (χ1) is 15.0. The van der Waals surface area contributed by atoms with Crippen molar-refractivity contribution in [1.29, 1.82) is 0 Å². The number of carbonyl (C=O) groups is 5. The molecular formula is C22H30N2O6S2. The van der Waals surface area contributed by atoms with E-state index in [4.69, 9.17) is 0 Å². The average Bonchev–Trinajstić information content (AvgIpc) is 2.69. The lowest BCUT2D eigenvalue weighted by Crippen LogP contribution is -2.54. The maximum absolute atomic E-state index is 12.9. The third-order valence-corrected chi connectivity index (χ3v) is 6.39. The lowest BCUT2D eigenvalue weighted by Gasteiger charge is -2.24. The smallest absolute Gasteiger partial charge is 0.326 e. The summed E-state index contributed by atoms with van der Waals surface area (Å²) in [5, 5.41) is 13.4. The van der Waals surface area contributed by atoms with Crippen LogP contribution in [-0.4, -0.2) is 56.2 Å². The van der Waals surface area contributed by atoms with Gasteiger partial charge in [0.2, 0.25) is 11.8 Å². The Balaban J connectivity index is 2.94. The first-order valence-electron chi connectivity index (χ1n) is 10.2. The first-order valence-corrected chi connectivity index (χ1v) is 12.0. The summed E-state index contributed by atoms with van der Waals surface area (Å²) in [4.78, 5) is 60.2. The quantitative estimate of drug-likeness (QED) is 0.414. The lowest BCUT2D eigenvalue weighted by molar-refractivity contribution is -0.142. The summed E-state index contributed by atoms with van der Waals surface area (Å²) in [6.45, 7) is 6.44. The minimum absolute atomic E-state index is 0.0361. The molecule has 3 N–H and O–H groups in total. The summed E-state index contributed by atoms with van der Waals surface area (Å²) in [5.74, 6) is -2.21. The number of amides is 2. The van der Waals surface area contributed by atoms with Crippen molar-refractivity contribution in [2.45, 2.75) is 57.9 Å². The standard InChI is InChI=1S/C22H30N2O6S2/c1-13(2)10-17(23-21(28)19(32-15(4)26)12-31-14(3)25)20(27)24-18(22(29)30)11-16-8-6-5-7-9-16/h5-9,13,17-19H,10-12H2,1-4H3,(H,23,28)(H,24,27)(H,29,30)/t17-,18-,19?/m0/s1. The fourth-order valence-electron chi connectivity index (χ4n) is 2.85. The van der Waals surface area contributed by atoms with Crippen LogP contribution in [0.3, 0.4) is 0 Å². The van der Waals surface area contributed by atoms with Gasteiger partial charge in [-0.2, -0.15) is 0 Å². The number of hydrogen-bond donors (Lipinski definition) is 3. The van der Waals surface area contributed by atoms with Gasteiger partial charge in [0.15, 0.2) is 10.2 Å². The van der Waals surface area contributed by atoms with Gasteiger partial charge in [-0.05, 0) is 17.9 Å². The van der Waals surface area contributed by atoms with E-state index in [1.807, 2.05) is 19.9 Å². The van der Waals surface area contributed by atoms with Crippen molar-refractivity contribution < 1.29 is 29.1 Å². The third-order valence-electron chi connectivity index (χ3n) is 4.28. The highest BCUT2D eigenvalue weighted by molar-refractivity contribution is 8.17. The van der Waals surface area contributed by atoms with Crippen LogP contribution in [0.2, 0.25) is 0 Å². The lowest BCUT2D eigenvalue weighted by atomic mass is 10.0. The Morgan fingerprint density at radius 1 is 0.906 bits per heavy atom. The first kappa shape index (κ1) is 27.7. The molecule has 176 valence electrons. The molecule has 0 saturated carbocycles. The number of nitrogens with one attached hydrogen (secondary N) is 2. The Hall–Kier alpha value is -2.33. The molecule has 0 spiro atoms. The average molecular weight is 483 g/mol. The zero-order valence-corrected chi connectivity index (χ0v) is 20.3. The van der Waals surface area contributed by atoms with E-state index in [0.29, 0.717) is 0 Å². The number of hydrogen-bond acceptors (Lipinski definition) is 7. The summed E-state index contributed by atoms with van der Waals surface area (Å²) in [6, 6.07) is 6.78. The number of carbonyl (C=O) groups excluding carboxylic acids is 4. The summed E-state index contributed by atoms with van der Waals surface area (Å²) >= 11 is 1.72. The van der Waals surface area contributed by atoms with Crippen molar-refractivity contribution in [2.24, 2.45) is 5.92 Å². The molecule has 1 aromatic carbocycles. The molecule has 0 aromatic heterocycles. The van der Waals surface area contributed by atoms with E-state index >= 15 is 0 Å². The third kappa shape index (κ3) is 10.8. The summed E-state index contributed by atoms with van der Waals surface area (Å²) in [7, 11) is 0. The molecule has 0 radical (unpaired) electrons. The largest absolute Gasteiger partial charge is 0.480 e. The second-order valence-corrected chi connectivity index (χ2v) is 10.3. The summed E-state index contributed by atoms with van der Waals surface area (Å²) < 4.78 is 0. The molecule has 32 heavy (non-hydrogen) atoms. The van der Waals surface area contributed by atoms with Crippen LogP contribution >= 0.6 is 23.5 Å². The van der Waals surface area contributed by atoms with E-state index in [0.717, 1.165) is 29.1 Å². The van der Waals surface area contributed by atoms with Crippen molar-refractivity contribution in [3.63, 3.8) is 0 Å². The summed E-state index contributed by atoms with van der Waals surface area (Å²) in [6.07, 6.45) is 0.384. The molecular weight excluding hydrogens is 452 g/mol. The number of thioether (sulfide) groups is 2. The Bertz CT molecular complexity index is 816. The predicted molar refractivity (Wildman–Crippen MR) is 126 cm³/mol. The zero-order valence-electron chi connectivity index (χ0n) is 18.6. The monoisotopic (exact) mass is 482 g/mol. The molecule has 10 heteroatoms. The van der Waals surface area contributed by atoms with Gasteiger partial charge < -0.3 is 15.7 Å². The maximum Gasteiger partial charge on any atom is 0.326 e. The molecule has 8 nitrogen and oxygen atoms in total. The molecule has 1 unspecified atom stereocenters. The predicted octanol–water partition coefficient (Wildman–Crippen LogP) is 2.26. The minimum atomic E-state index is -1.18. The SMILES string of the molecule is CC(=O)SCC(SC(C)=O)C(=O)N[C@@H](CC(C)C)C(=O)N[C@@H](Cc1ccccc1)C(=O)O. The topological polar surface area (TPSA) is 130 Å². The van der Waals surface area contributed by atoms with Gasteiger partial charge >= 0.3 is 5.97 Å². The fourth-order valence-corrected chi connectivity index (χ4v) is 4.44. The highest BCUT2D eigenvalue weighted by atomic mass is 32.2. The van der Waals surface area contributed by atoms with Gasteiger partial charge in [-0.1, -0.05) is 67.7 Å². The van der Waals surface area contributed by atoms with Gasteiger partial charge in [0.05, 0.1) is 0 Å². The number of benzene rings is 1. The van der Waals surface area contributed by atoms with Gasteiger partial charge in [0, 0.05) is 26.0 Å². The van der Waals surface area contributed by atoms with Crippen molar-refractivity contribution in [3.8, 4) is 0 Å². The van der Waals surface area contributed by atoms with E-state index in [1.54, 1.807) is 24.3 Å². The number of carboxylic acids is 1. The van der Waals surface area contributed by atoms with E-state index in [-0.39, 0.29) is 34.7 Å². The molecule has 2 amide bonds. The molecule has 0 fully saturated rings. The Kier molecular flexibility index (Phi) is 12.1. The van der Waals surface area contributed by atoms with Gasteiger partial charge in [0.1, 0.15) is 17.3 Å². The molecule has 0 saturated heterocycles. The molecule has 0 aliphatic rings. The van der Waals surface area contributed by atoms with Crippen LogP contribution in [0.15, 0.2) is 30.3 Å². The van der Waals surface area contributed by atoms with Crippen LogP contribution in [0.5, 0.6) is 0 Å². The van der Waals surface area contributed by atoms with Crippen molar-refractivity contribution >= 4 is 51.5 Å². The van der Waals surface area contributed by atoms with Crippen LogP contribution in [0.4, 0.5) is 0 Å². The van der Waals surface area contributed by atoms with Gasteiger partial charge in [0.25, 0.3) is 0 Å². The van der Waals surface area contributed by atoms with Crippen LogP contribution < -0.4 is 10.6 Å². The molecule has 1 aromatic rings. The van der Waals surface area contributed by atoms with Crippen molar-refractivity contribution in [2.75, 3.05) is 5.75 Å². The highest BCUT2D eigenvalue weighted by Gasteiger charge is 2.30. The van der Waals surface area contributed by atoms with Crippen molar-refractivity contribution in [3.05, 3.63) is 35.9 Å². The zero-order chi connectivity index (χ0) is 24.3. The number of carboxylic acid groups (broad SMARTS) is 1. The van der Waals surface area contributed by atoms with E-state index in [1.165, 1.54) is 13.8 Å². The molecule has 3 atom stereocenters. The van der Waals surface area contributed by atoms with Gasteiger partial charge in [-0.25, -0.2) is 4.79 Å². The van der Waals surface area contributed by atoms with E-state index < -0.39 is 35.1 Å². The Labute approximate surface area is 196 Å². The van der Waals surface area contributed by atoms with Crippen LogP contribution in [0.1, 0.15) is 39.7 Å². The minimum Gasteiger partial charge on any atom is -0.480 e. The van der Waals surface area contributed by atoms with Crippen LogP contribution in [0, 0.1) is 5.92 Å². The second kappa shape index (κ2) is 13.9. The fraction of sp³-hybridized carbons (Fsp3) is 0.500. The van der Waals surface area contributed by atoms with Gasteiger partial charge in [-0.3, -0.25) is 19.2 Å². The Morgan fingerprint density at radius 3 is 2.00 bits per heavy atom. The van der Waals surface area contributed by atoms with Crippen LogP contribution in [0.25, 0.3) is 0 Å². The molecule has 0 aliphatic heterocycles. The normalized spacial score (nSPS) is 13.7. The van der Waals surface area contributed by atoms with Gasteiger partial charge in [-0.15, -0.1) is 0 Å². The van der Waals surface area contributed by atoms with Crippen molar-refractivity contribution in [1.82, 2.24) is 10.6 Å².